The number of phenolic OH excluding ortho intramolecular Hbond substituents is 1. The molecule has 0 saturated carbocycles. The smallest absolute Gasteiger partial charge is 0.505 e. The van der Waals surface area contributed by atoms with Crippen molar-refractivity contribution in [1.29, 1.82) is 0 Å². The van der Waals surface area contributed by atoms with Crippen molar-refractivity contribution in [3.05, 3.63) is 59.0 Å². The van der Waals surface area contributed by atoms with Gasteiger partial charge >= 0.3 is 6.36 Å². The fourth-order valence-corrected chi connectivity index (χ4v) is 3.18. The largest absolute Gasteiger partial charge is 0.573 e. The number of rotatable bonds is 4. The van der Waals surface area contributed by atoms with Crippen LogP contribution in [-0.2, 0) is 11.2 Å². The minimum absolute atomic E-state index is 0.0181. The van der Waals surface area contributed by atoms with E-state index in [2.05, 4.69) is 10.1 Å². The molecular weight excluding hydrogens is 408 g/mol. The highest BCUT2D eigenvalue weighted by Crippen LogP contribution is 2.34. The number of fused-ring (bicyclic) bond motifs is 1. The second kappa shape index (κ2) is 7.69. The number of carbonyl (C=O) groups excluding carboxylic acids is 2. The Bertz CT molecular complexity index is 1130. The Kier molecular flexibility index (Phi) is 5.43. The topological polar surface area (TPSA) is 80.6 Å². The molecule has 1 aromatic heterocycles. The third-order valence-electron chi connectivity index (χ3n) is 4.57. The lowest BCUT2D eigenvalue weighted by atomic mass is 10.1. The zero-order valence-electron chi connectivity index (χ0n) is 15.8. The molecule has 0 atom stereocenters. The molecule has 1 heterocycles. The van der Waals surface area contributed by atoms with Crippen molar-refractivity contribution in [3.63, 3.8) is 0 Å². The lowest BCUT2D eigenvalue weighted by Crippen LogP contribution is -2.21. The number of aromatic nitrogens is 1. The van der Waals surface area contributed by atoms with E-state index in [9.17, 15) is 32.3 Å². The SMILES string of the molecule is CNC(=O)Cc1c(C)n(C(=O)c2ccc(OC(F)(F)F)cc2)c2ccc(O)c(F)c12. The highest BCUT2D eigenvalue weighted by molar-refractivity contribution is 6.05. The second-order valence-electron chi connectivity index (χ2n) is 6.42. The van der Waals surface area contributed by atoms with Crippen LogP contribution in [0.1, 0.15) is 21.6 Å². The zero-order valence-corrected chi connectivity index (χ0v) is 15.8. The van der Waals surface area contributed by atoms with Crippen LogP contribution in [0.3, 0.4) is 0 Å². The minimum Gasteiger partial charge on any atom is -0.505 e. The summed E-state index contributed by atoms with van der Waals surface area (Å²) < 4.78 is 56.5. The lowest BCUT2D eigenvalue weighted by Gasteiger charge is -2.10. The van der Waals surface area contributed by atoms with Crippen LogP contribution in [0.25, 0.3) is 10.9 Å². The maximum Gasteiger partial charge on any atom is 0.573 e. The summed E-state index contributed by atoms with van der Waals surface area (Å²) in [6.45, 7) is 1.51. The van der Waals surface area contributed by atoms with Gasteiger partial charge in [-0.05, 0) is 48.9 Å². The first-order valence-electron chi connectivity index (χ1n) is 8.66. The van der Waals surface area contributed by atoms with Gasteiger partial charge in [0.05, 0.1) is 11.9 Å². The Morgan fingerprint density at radius 3 is 2.33 bits per heavy atom. The lowest BCUT2D eigenvalue weighted by molar-refractivity contribution is -0.274. The molecule has 0 aliphatic rings. The fraction of sp³-hybridized carbons (Fsp3) is 0.200. The highest BCUT2D eigenvalue weighted by Gasteiger charge is 2.31. The first kappa shape index (κ1) is 21.2. The number of aromatic hydroxyl groups is 1. The first-order chi connectivity index (χ1) is 14.0. The number of likely N-dealkylation sites (N-methyl/N-ethyl adjacent to an activating group) is 1. The summed E-state index contributed by atoms with van der Waals surface area (Å²) >= 11 is 0. The molecule has 0 bridgehead atoms. The average molecular weight is 424 g/mol. The Hall–Kier alpha value is -3.56. The molecule has 30 heavy (non-hydrogen) atoms. The van der Waals surface area contributed by atoms with Gasteiger partial charge in [0.15, 0.2) is 11.6 Å². The van der Waals surface area contributed by atoms with E-state index in [-0.39, 0.29) is 34.1 Å². The molecule has 1 amide bonds. The molecule has 3 rings (SSSR count). The van der Waals surface area contributed by atoms with Crippen molar-refractivity contribution in [2.45, 2.75) is 19.7 Å². The monoisotopic (exact) mass is 424 g/mol. The van der Waals surface area contributed by atoms with E-state index in [1.165, 1.54) is 20.0 Å². The number of nitrogens with one attached hydrogen (secondary N) is 1. The summed E-state index contributed by atoms with van der Waals surface area (Å²) in [5.41, 5.74) is 0.605. The Balaban J connectivity index is 2.11. The van der Waals surface area contributed by atoms with Crippen LogP contribution >= 0.6 is 0 Å². The number of benzene rings is 2. The quantitative estimate of drug-likeness (QED) is 0.627. The molecule has 0 fully saturated rings. The van der Waals surface area contributed by atoms with Gasteiger partial charge in [-0.3, -0.25) is 14.2 Å². The van der Waals surface area contributed by atoms with Crippen LogP contribution in [0, 0.1) is 12.7 Å². The van der Waals surface area contributed by atoms with Crippen LogP contribution in [0.5, 0.6) is 11.5 Å². The van der Waals surface area contributed by atoms with E-state index in [1.54, 1.807) is 0 Å². The third-order valence-corrected chi connectivity index (χ3v) is 4.57. The zero-order chi connectivity index (χ0) is 22.2. The van der Waals surface area contributed by atoms with Gasteiger partial charge in [0, 0.05) is 23.7 Å². The van der Waals surface area contributed by atoms with Crippen LogP contribution in [0.2, 0.25) is 0 Å². The van der Waals surface area contributed by atoms with Gasteiger partial charge in [0.1, 0.15) is 5.75 Å². The fourth-order valence-electron chi connectivity index (χ4n) is 3.18. The summed E-state index contributed by atoms with van der Waals surface area (Å²) in [6, 6.07) is 6.66. The molecule has 0 aliphatic heterocycles. The van der Waals surface area contributed by atoms with Gasteiger partial charge in [-0.25, -0.2) is 4.39 Å². The molecule has 2 aromatic carbocycles. The maximum atomic E-state index is 14.7. The second-order valence-corrected chi connectivity index (χ2v) is 6.42. The van der Waals surface area contributed by atoms with Gasteiger partial charge in [0.25, 0.3) is 5.91 Å². The number of hydrogen-bond donors (Lipinski definition) is 2. The molecular formula is C20H16F4N2O4. The van der Waals surface area contributed by atoms with Crippen LogP contribution in [0.4, 0.5) is 17.6 Å². The summed E-state index contributed by atoms with van der Waals surface area (Å²) in [7, 11) is 1.40. The van der Waals surface area contributed by atoms with Crippen molar-refractivity contribution in [3.8, 4) is 11.5 Å². The average Bonchev–Trinajstić information content (AvgIpc) is 2.95. The molecule has 0 aliphatic carbocycles. The van der Waals surface area contributed by atoms with Gasteiger partial charge < -0.3 is 15.2 Å². The van der Waals surface area contributed by atoms with E-state index in [0.29, 0.717) is 0 Å². The van der Waals surface area contributed by atoms with Crippen molar-refractivity contribution in [2.24, 2.45) is 0 Å². The van der Waals surface area contributed by atoms with Gasteiger partial charge in [0.2, 0.25) is 5.91 Å². The third kappa shape index (κ3) is 3.93. The van der Waals surface area contributed by atoms with Crippen molar-refractivity contribution in [1.82, 2.24) is 9.88 Å². The molecule has 10 heteroatoms. The van der Waals surface area contributed by atoms with E-state index in [0.717, 1.165) is 34.9 Å². The summed E-state index contributed by atoms with van der Waals surface area (Å²) in [6.07, 6.45) is -5.11. The molecule has 0 spiro atoms. The Labute approximate surface area is 167 Å². The van der Waals surface area contributed by atoms with Crippen LogP contribution in [-0.4, -0.2) is 34.9 Å². The minimum atomic E-state index is -4.87. The van der Waals surface area contributed by atoms with Crippen molar-refractivity contribution >= 4 is 22.7 Å². The number of halogens is 4. The molecule has 6 nitrogen and oxygen atoms in total. The Morgan fingerprint density at radius 1 is 1.13 bits per heavy atom. The maximum absolute atomic E-state index is 14.7. The number of carbonyl (C=O) groups is 2. The number of phenols is 1. The molecule has 3 aromatic rings. The number of nitrogens with zero attached hydrogens (tertiary/aromatic N) is 1. The van der Waals surface area contributed by atoms with Gasteiger partial charge in [-0.15, -0.1) is 13.2 Å². The Morgan fingerprint density at radius 2 is 1.77 bits per heavy atom. The molecule has 0 unspecified atom stereocenters. The van der Waals surface area contributed by atoms with Gasteiger partial charge in [-0.2, -0.15) is 0 Å². The molecule has 158 valence electrons. The normalized spacial score (nSPS) is 11.5. The van der Waals surface area contributed by atoms with E-state index >= 15 is 0 Å². The number of ether oxygens (including phenoxy) is 1. The van der Waals surface area contributed by atoms with E-state index in [1.807, 2.05) is 0 Å². The number of alkyl halides is 3. The standard InChI is InChI=1S/C20H16F4N2O4/c1-10-13(9-16(28)25-2)17-14(7-8-15(27)18(17)21)26(10)19(29)11-3-5-12(6-4-11)30-20(22,23)24/h3-8,27H,9H2,1-2H3,(H,25,28). The predicted molar refractivity (Wildman–Crippen MR) is 98.9 cm³/mol. The number of amides is 1. The predicted octanol–water partition coefficient (Wildman–Crippen LogP) is 3.67. The van der Waals surface area contributed by atoms with Crippen molar-refractivity contribution < 1.29 is 37.0 Å². The number of hydrogen-bond acceptors (Lipinski definition) is 4. The molecule has 0 saturated heterocycles. The first-order valence-corrected chi connectivity index (χ1v) is 8.66. The van der Waals surface area contributed by atoms with E-state index < -0.39 is 35.5 Å². The van der Waals surface area contributed by atoms with E-state index in [4.69, 9.17) is 0 Å². The molecule has 2 N–H and O–H groups in total. The van der Waals surface area contributed by atoms with Crippen LogP contribution in [0.15, 0.2) is 36.4 Å². The van der Waals surface area contributed by atoms with Gasteiger partial charge in [-0.1, -0.05) is 0 Å². The summed E-state index contributed by atoms with van der Waals surface area (Å²) in [4.78, 5) is 24.9. The summed E-state index contributed by atoms with van der Waals surface area (Å²) in [5.74, 6) is -3.19. The molecule has 0 radical (unpaired) electrons. The van der Waals surface area contributed by atoms with Crippen LogP contribution < -0.4 is 10.1 Å². The summed E-state index contributed by atoms with van der Waals surface area (Å²) in [5, 5.41) is 12.1. The van der Waals surface area contributed by atoms with Crippen molar-refractivity contribution in [2.75, 3.05) is 7.05 Å². The highest BCUT2D eigenvalue weighted by atomic mass is 19.4.